The zero-order valence-corrected chi connectivity index (χ0v) is 18.9. The van der Waals surface area contributed by atoms with E-state index in [4.69, 9.17) is 40.2 Å². The molecular formula is C22H19Cl2N5OS. The van der Waals surface area contributed by atoms with Gasteiger partial charge >= 0.3 is 0 Å². The van der Waals surface area contributed by atoms with Gasteiger partial charge in [0.1, 0.15) is 12.4 Å². The molecule has 4 rings (SSSR count). The van der Waals surface area contributed by atoms with Crippen LogP contribution < -0.4 is 10.2 Å². The predicted molar refractivity (Wildman–Crippen MR) is 126 cm³/mol. The molecule has 6 nitrogen and oxygen atoms in total. The number of benzene rings is 2. The number of hydrogen-bond donors (Lipinski definition) is 2. The minimum atomic E-state index is 0.370. The number of ether oxygens (including phenoxy) is 1. The molecule has 0 amide bonds. The molecule has 0 aliphatic heterocycles. The van der Waals surface area contributed by atoms with Crippen LogP contribution in [0.15, 0.2) is 60.9 Å². The first-order valence-corrected chi connectivity index (χ1v) is 10.7. The Morgan fingerprint density at radius 3 is 2.58 bits per heavy atom. The number of nitrogens with zero attached hydrogens (tertiary/aromatic N) is 3. The lowest BCUT2D eigenvalue weighted by molar-refractivity contribution is 0.303. The van der Waals surface area contributed by atoms with Gasteiger partial charge in [0.25, 0.3) is 0 Å². The van der Waals surface area contributed by atoms with Crippen LogP contribution in [0.25, 0.3) is 11.4 Å². The Kier molecular flexibility index (Phi) is 6.56. The Labute approximate surface area is 194 Å². The average molecular weight is 472 g/mol. The van der Waals surface area contributed by atoms with Crippen molar-refractivity contribution in [3.8, 4) is 17.1 Å². The molecule has 2 N–H and O–H groups in total. The van der Waals surface area contributed by atoms with Gasteiger partial charge in [0.2, 0.25) is 4.77 Å². The molecule has 0 unspecified atom stereocenters. The molecule has 0 fully saturated rings. The Morgan fingerprint density at radius 2 is 1.84 bits per heavy atom. The van der Waals surface area contributed by atoms with Gasteiger partial charge in [-0.3, -0.25) is 4.98 Å². The summed E-state index contributed by atoms with van der Waals surface area (Å²) in [6, 6.07) is 15.4. The molecule has 0 aliphatic rings. The second kappa shape index (κ2) is 9.51. The van der Waals surface area contributed by atoms with Crippen LogP contribution in [0, 0.1) is 11.7 Å². The van der Waals surface area contributed by atoms with Crippen molar-refractivity contribution in [2.45, 2.75) is 20.1 Å². The standard InChI is InChI=1S/C22H19Cl2N5OS/c1-14-2-4-15(5-3-14)13-30-20-17(10-18(23)11-19(20)24)12-26-29-21(27-28-22(29)31)16-6-8-25-9-7-16/h2-11,26H,12-13H2,1H3,(H,28,31). The summed E-state index contributed by atoms with van der Waals surface area (Å²) >= 11 is 18.1. The first-order valence-electron chi connectivity index (χ1n) is 9.49. The van der Waals surface area contributed by atoms with Crippen molar-refractivity contribution in [2.24, 2.45) is 0 Å². The summed E-state index contributed by atoms with van der Waals surface area (Å²) in [5, 5.41) is 8.09. The van der Waals surface area contributed by atoms with Crippen molar-refractivity contribution in [1.29, 1.82) is 0 Å². The van der Waals surface area contributed by atoms with E-state index in [1.54, 1.807) is 23.1 Å². The first kappa shape index (κ1) is 21.4. The molecule has 0 saturated carbocycles. The second-order valence-corrected chi connectivity index (χ2v) is 8.14. The SMILES string of the molecule is Cc1ccc(COc2c(Cl)cc(Cl)cc2CNn2c(-c3ccncc3)n[nH]c2=S)cc1. The highest BCUT2D eigenvalue weighted by molar-refractivity contribution is 7.71. The number of pyridine rings is 1. The number of rotatable bonds is 7. The van der Waals surface area contributed by atoms with E-state index in [9.17, 15) is 0 Å². The number of H-pyrrole nitrogens is 1. The van der Waals surface area contributed by atoms with Crippen LogP contribution in [-0.4, -0.2) is 19.9 Å². The lowest BCUT2D eigenvalue weighted by atomic mass is 10.1. The maximum atomic E-state index is 6.46. The summed E-state index contributed by atoms with van der Waals surface area (Å²) in [7, 11) is 0. The van der Waals surface area contributed by atoms with Crippen molar-refractivity contribution < 1.29 is 4.74 Å². The Bertz CT molecular complexity index is 1240. The third-order valence-corrected chi connectivity index (χ3v) is 5.40. The van der Waals surface area contributed by atoms with Gasteiger partial charge in [0, 0.05) is 28.5 Å². The van der Waals surface area contributed by atoms with Crippen molar-refractivity contribution in [2.75, 3.05) is 5.43 Å². The van der Waals surface area contributed by atoms with Crippen LogP contribution in [0.5, 0.6) is 5.75 Å². The fourth-order valence-corrected chi connectivity index (χ4v) is 3.84. The molecule has 0 bridgehead atoms. The smallest absolute Gasteiger partial charge is 0.214 e. The Morgan fingerprint density at radius 1 is 1.10 bits per heavy atom. The van der Waals surface area contributed by atoms with Gasteiger partial charge in [-0.1, -0.05) is 53.0 Å². The largest absolute Gasteiger partial charge is 0.487 e. The summed E-state index contributed by atoms with van der Waals surface area (Å²) in [4.78, 5) is 4.04. The lowest BCUT2D eigenvalue weighted by Gasteiger charge is -2.16. The minimum Gasteiger partial charge on any atom is -0.487 e. The molecule has 2 aromatic carbocycles. The van der Waals surface area contributed by atoms with Crippen LogP contribution in [0.1, 0.15) is 16.7 Å². The highest BCUT2D eigenvalue weighted by atomic mass is 35.5. The van der Waals surface area contributed by atoms with E-state index in [2.05, 4.69) is 20.6 Å². The van der Waals surface area contributed by atoms with Crippen molar-refractivity contribution in [3.63, 3.8) is 0 Å². The number of aryl methyl sites for hydroxylation is 1. The summed E-state index contributed by atoms with van der Waals surface area (Å²) < 4.78 is 8.20. The van der Waals surface area contributed by atoms with E-state index in [0.29, 0.717) is 39.5 Å². The minimum absolute atomic E-state index is 0.370. The molecule has 31 heavy (non-hydrogen) atoms. The second-order valence-electron chi connectivity index (χ2n) is 6.91. The molecule has 0 atom stereocenters. The zero-order chi connectivity index (χ0) is 21.8. The molecular weight excluding hydrogens is 453 g/mol. The van der Waals surface area contributed by atoms with Crippen molar-refractivity contribution in [1.82, 2.24) is 19.9 Å². The molecule has 2 heterocycles. The highest BCUT2D eigenvalue weighted by Gasteiger charge is 2.14. The number of aromatic nitrogens is 4. The summed E-state index contributed by atoms with van der Waals surface area (Å²) in [5.74, 6) is 1.21. The van der Waals surface area contributed by atoms with Crippen LogP contribution in [0.4, 0.5) is 0 Å². The fourth-order valence-electron chi connectivity index (χ4n) is 3.05. The maximum absolute atomic E-state index is 6.46. The quantitative estimate of drug-likeness (QED) is 0.326. The average Bonchev–Trinajstić information content (AvgIpc) is 3.13. The van der Waals surface area contributed by atoms with Gasteiger partial charge in [-0.15, -0.1) is 0 Å². The van der Waals surface area contributed by atoms with Gasteiger partial charge in [0.15, 0.2) is 5.82 Å². The molecule has 4 aromatic rings. The molecule has 0 aliphatic carbocycles. The third kappa shape index (κ3) is 5.07. The molecule has 158 valence electrons. The van der Waals surface area contributed by atoms with E-state index in [1.165, 1.54) is 5.56 Å². The highest BCUT2D eigenvalue weighted by Crippen LogP contribution is 2.33. The van der Waals surface area contributed by atoms with E-state index in [1.807, 2.05) is 49.4 Å². The lowest BCUT2D eigenvalue weighted by Crippen LogP contribution is -2.16. The van der Waals surface area contributed by atoms with Gasteiger partial charge in [-0.05, 0) is 49.0 Å². The topological polar surface area (TPSA) is 67.8 Å². The van der Waals surface area contributed by atoms with Gasteiger partial charge in [0.05, 0.1) is 11.6 Å². The van der Waals surface area contributed by atoms with Crippen LogP contribution in [0.2, 0.25) is 10.0 Å². The van der Waals surface area contributed by atoms with E-state index in [0.717, 1.165) is 16.7 Å². The molecule has 9 heteroatoms. The number of halogens is 2. The predicted octanol–water partition coefficient (Wildman–Crippen LogP) is 5.94. The monoisotopic (exact) mass is 471 g/mol. The maximum Gasteiger partial charge on any atom is 0.214 e. The molecule has 0 saturated heterocycles. The fraction of sp³-hybridized carbons (Fsp3) is 0.136. The first-order chi connectivity index (χ1) is 15.0. The molecule has 0 spiro atoms. The number of aromatic amines is 1. The Balaban J connectivity index is 1.57. The summed E-state index contributed by atoms with van der Waals surface area (Å²) in [5.41, 5.74) is 7.19. The van der Waals surface area contributed by atoms with Gasteiger partial charge in [-0.2, -0.15) is 5.10 Å². The zero-order valence-electron chi connectivity index (χ0n) is 16.6. The van der Waals surface area contributed by atoms with Crippen LogP contribution in [-0.2, 0) is 13.2 Å². The van der Waals surface area contributed by atoms with Crippen molar-refractivity contribution in [3.05, 3.63) is 92.4 Å². The Hall–Kier alpha value is -2.87. The van der Waals surface area contributed by atoms with Crippen LogP contribution >= 0.6 is 35.4 Å². The third-order valence-electron chi connectivity index (χ3n) is 4.63. The van der Waals surface area contributed by atoms with E-state index < -0.39 is 0 Å². The van der Waals surface area contributed by atoms with E-state index >= 15 is 0 Å². The number of hydrogen-bond acceptors (Lipinski definition) is 5. The summed E-state index contributed by atoms with van der Waals surface area (Å²) in [6.45, 7) is 2.81. The van der Waals surface area contributed by atoms with Crippen LogP contribution in [0.3, 0.4) is 0 Å². The van der Waals surface area contributed by atoms with Gasteiger partial charge in [-0.25, -0.2) is 9.77 Å². The van der Waals surface area contributed by atoms with E-state index in [-0.39, 0.29) is 0 Å². The summed E-state index contributed by atoms with van der Waals surface area (Å²) in [6.07, 6.45) is 3.40. The molecule has 0 radical (unpaired) electrons. The normalized spacial score (nSPS) is 10.8. The van der Waals surface area contributed by atoms with Gasteiger partial charge < -0.3 is 10.2 Å². The van der Waals surface area contributed by atoms with Crippen molar-refractivity contribution >= 4 is 35.4 Å². The molecule has 2 aromatic heterocycles. The number of nitrogens with one attached hydrogen (secondary N) is 2.